The first kappa shape index (κ1) is 20.9. The Hall–Kier alpha value is -4.40. The van der Waals surface area contributed by atoms with E-state index in [1.807, 2.05) is 0 Å². The van der Waals surface area contributed by atoms with E-state index in [9.17, 15) is 14.0 Å². The van der Waals surface area contributed by atoms with Gasteiger partial charge in [0.15, 0.2) is 11.6 Å². The quantitative estimate of drug-likeness (QED) is 0.441. The van der Waals surface area contributed by atoms with E-state index in [0.717, 1.165) is 6.07 Å². The average Bonchev–Trinajstić information content (AvgIpc) is 2.79. The van der Waals surface area contributed by atoms with E-state index < -0.39 is 23.4 Å². The topological polar surface area (TPSA) is 93.2 Å². The van der Waals surface area contributed by atoms with Crippen LogP contribution in [0.3, 0.4) is 0 Å². The number of hydrogen-bond acceptors (Lipinski definition) is 5. The van der Waals surface area contributed by atoms with E-state index in [0.29, 0.717) is 11.0 Å². The van der Waals surface area contributed by atoms with Crippen molar-refractivity contribution in [2.45, 2.75) is 0 Å². The number of anilines is 2. The minimum atomic E-state index is -0.899. The van der Waals surface area contributed by atoms with Crippen LogP contribution in [-0.2, 0) is 0 Å². The number of aromatic nitrogens is 2. The molecule has 4 aromatic rings. The lowest BCUT2D eigenvalue weighted by molar-refractivity contribution is 0.103. The number of carbonyl (C=O) groups excluding carboxylic acids is 2. The zero-order valence-corrected chi connectivity index (χ0v) is 16.7. The Morgan fingerprint density at radius 2 is 1.75 bits per heavy atom. The van der Waals surface area contributed by atoms with Gasteiger partial charge in [0.05, 0.1) is 35.6 Å². The molecule has 0 radical (unpaired) electrons. The molecule has 160 valence electrons. The van der Waals surface area contributed by atoms with Crippen LogP contribution in [0.4, 0.5) is 25.0 Å². The van der Waals surface area contributed by atoms with E-state index in [1.165, 1.54) is 61.8 Å². The van der Waals surface area contributed by atoms with Crippen molar-refractivity contribution in [2.24, 2.45) is 0 Å². The van der Waals surface area contributed by atoms with Gasteiger partial charge in [-0.25, -0.2) is 23.5 Å². The van der Waals surface area contributed by atoms with Crippen molar-refractivity contribution in [1.29, 1.82) is 0 Å². The minimum absolute atomic E-state index is 0.195. The van der Waals surface area contributed by atoms with Gasteiger partial charge < -0.3 is 15.4 Å². The van der Waals surface area contributed by atoms with Crippen molar-refractivity contribution in [3.63, 3.8) is 0 Å². The lowest BCUT2D eigenvalue weighted by Gasteiger charge is -2.11. The minimum Gasteiger partial charge on any atom is -0.480 e. The summed E-state index contributed by atoms with van der Waals surface area (Å²) in [5.41, 5.74) is 0.922. The lowest BCUT2D eigenvalue weighted by Crippen LogP contribution is -2.21. The number of benzene rings is 3. The number of rotatable bonds is 5. The second-order valence-electron chi connectivity index (χ2n) is 6.70. The zero-order valence-electron chi connectivity index (χ0n) is 16.7. The van der Waals surface area contributed by atoms with E-state index in [1.54, 1.807) is 6.07 Å². The third kappa shape index (κ3) is 4.36. The molecule has 1 heterocycles. The molecule has 0 bridgehead atoms. The molecule has 2 N–H and O–H groups in total. The second-order valence-corrected chi connectivity index (χ2v) is 6.70. The molecule has 0 unspecified atom stereocenters. The summed E-state index contributed by atoms with van der Waals surface area (Å²) in [5.74, 6) is -1.74. The number of amides is 2. The van der Waals surface area contributed by atoms with Gasteiger partial charge in [0.1, 0.15) is 5.82 Å². The number of ether oxygens (including phenoxy) is 1. The van der Waals surface area contributed by atoms with Crippen molar-refractivity contribution in [2.75, 3.05) is 17.7 Å². The Balaban J connectivity index is 1.58. The standard InChI is InChI=1S/C23H16F2N4O3/c1-32-20-12-26-17-9-8-13(10-19(17)28-20)22(30)16-6-3-7-18(21(16)25)29-23(31)27-15-5-2-4-14(24)11-15/h2-12H,1H3,(H2,27,29,31). The van der Waals surface area contributed by atoms with Crippen LogP contribution in [0.5, 0.6) is 5.88 Å². The molecule has 0 aliphatic heterocycles. The number of methoxy groups -OCH3 is 1. The van der Waals surface area contributed by atoms with Gasteiger partial charge >= 0.3 is 6.03 Å². The molecular weight excluding hydrogens is 418 g/mol. The third-order valence-electron chi connectivity index (χ3n) is 4.57. The van der Waals surface area contributed by atoms with Gasteiger partial charge in [0.25, 0.3) is 0 Å². The fraction of sp³-hybridized carbons (Fsp3) is 0.0435. The van der Waals surface area contributed by atoms with Crippen LogP contribution in [-0.4, -0.2) is 28.9 Å². The summed E-state index contributed by atoms with van der Waals surface area (Å²) in [4.78, 5) is 33.5. The monoisotopic (exact) mass is 434 g/mol. The summed E-state index contributed by atoms with van der Waals surface area (Å²) in [6.45, 7) is 0. The number of nitrogens with one attached hydrogen (secondary N) is 2. The molecule has 0 fully saturated rings. The zero-order chi connectivity index (χ0) is 22.7. The smallest absolute Gasteiger partial charge is 0.323 e. The molecule has 9 heteroatoms. The van der Waals surface area contributed by atoms with Crippen molar-refractivity contribution in [3.8, 4) is 5.88 Å². The second kappa shape index (κ2) is 8.76. The number of halogens is 2. The largest absolute Gasteiger partial charge is 0.480 e. The Kier molecular flexibility index (Phi) is 5.71. The van der Waals surface area contributed by atoms with Crippen molar-refractivity contribution >= 4 is 34.2 Å². The van der Waals surface area contributed by atoms with Crippen molar-refractivity contribution in [3.05, 3.63) is 89.6 Å². The highest BCUT2D eigenvalue weighted by molar-refractivity contribution is 6.11. The molecule has 1 aromatic heterocycles. The fourth-order valence-electron chi connectivity index (χ4n) is 3.04. The molecule has 3 aromatic carbocycles. The summed E-state index contributed by atoms with van der Waals surface area (Å²) in [6, 6.07) is 13.1. The van der Waals surface area contributed by atoms with E-state index in [-0.39, 0.29) is 28.4 Å². The maximum Gasteiger partial charge on any atom is 0.323 e. The molecular formula is C23H16F2N4O3. The first-order chi connectivity index (χ1) is 15.4. The summed E-state index contributed by atoms with van der Waals surface area (Å²) < 4.78 is 33.3. The lowest BCUT2D eigenvalue weighted by atomic mass is 10.0. The maximum absolute atomic E-state index is 15.0. The molecule has 32 heavy (non-hydrogen) atoms. The van der Waals surface area contributed by atoms with Crippen LogP contribution in [0, 0.1) is 11.6 Å². The maximum atomic E-state index is 15.0. The van der Waals surface area contributed by atoms with Gasteiger partial charge in [-0.2, -0.15) is 0 Å². The van der Waals surface area contributed by atoms with Gasteiger partial charge in [-0.3, -0.25) is 4.79 Å². The summed E-state index contributed by atoms with van der Waals surface area (Å²) in [6.07, 6.45) is 1.45. The molecule has 7 nitrogen and oxygen atoms in total. The fourth-order valence-corrected chi connectivity index (χ4v) is 3.04. The molecule has 0 aliphatic carbocycles. The number of nitrogens with zero attached hydrogens (tertiary/aromatic N) is 2. The predicted octanol–water partition coefficient (Wildman–Crippen LogP) is 4.79. The normalized spacial score (nSPS) is 10.6. The highest BCUT2D eigenvalue weighted by Crippen LogP contribution is 2.23. The van der Waals surface area contributed by atoms with E-state index >= 15 is 4.39 Å². The molecule has 2 amide bonds. The molecule has 0 saturated carbocycles. The Morgan fingerprint density at radius 1 is 0.938 bits per heavy atom. The van der Waals surface area contributed by atoms with Gasteiger partial charge in [-0.15, -0.1) is 0 Å². The van der Waals surface area contributed by atoms with Gasteiger partial charge in [-0.05, 0) is 48.5 Å². The van der Waals surface area contributed by atoms with Crippen LogP contribution in [0.25, 0.3) is 11.0 Å². The summed E-state index contributed by atoms with van der Waals surface area (Å²) in [7, 11) is 1.45. The summed E-state index contributed by atoms with van der Waals surface area (Å²) >= 11 is 0. The number of hydrogen-bond donors (Lipinski definition) is 2. The van der Waals surface area contributed by atoms with Crippen molar-refractivity contribution < 1.29 is 23.1 Å². The number of ketones is 1. The van der Waals surface area contributed by atoms with Crippen LogP contribution in [0.2, 0.25) is 0 Å². The Morgan fingerprint density at radius 3 is 2.53 bits per heavy atom. The van der Waals surface area contributed by atoms with Gasteiger partial charge in [0.2, 0.25) is 5.88 Å². The molecule has 0 saturated heterocycles. The van der Waals surface area contributed by atoms with Crippen LogP contribution in [0.1, 0.15) is 15.9 Å². The highest BCUT2D eigenvalue weighted by atomic mass is 19.1. The van der Waals surface area contributed by atoms with Gasteiger partial charge in [-0.1, -0.05) is 12.1 Å². The number of fused-ring (bicyclic) bond motifs is 1. The molecule has 0 aliphatic rings. The van der Waals surface area contributed by atoms with Crippen LogP contribution < -0.4 is 15.4 Å². The van der Waals surface area contributed by atoms with Crippen LogP contribution >= 0.6 is 0 Å². The molecule has 0 atom stereocenters. The number of carbonyl (C=O) groups is 2. The van der Waals surface area contributed by atoms with Crippen LogP contribution in [0.15, 0.2) is 66.9 Å². The van der Waals surface area contributed by atoms with E-state index in [2.05, 4.69) is 20.6 Å². The SMILES string of the molecule is COc1cnc2ccc(C(=O)c3cccc(NC(=O)Nc4cccc(F)c4)c3F)cc2n1. The predicted molar refractivity (Wildman–Crippen MR) is 115 cm³/mol. The highest BCUT2D eigenvalue weighted by Gasteiger charge is 2.19. The summed E-state index contributed by atoms with van der Waals surface area (Å²) in [5, 5.41) is 4.73. The first-order valence-electron chi connectivity index (χ1n) is 9.42. The van der Waals surface area contributed by atoms with E-state index in [4.69, 9.17) is 4.74 Å². The Labute approximate surface area is 181 Å². The Bertz CT molecular complexity index is 1340. The number of urea groups is 1. The molecule has 4 rings (SSSR count). The molecule has 0 spiro atoms. The van der Waals surface area contributed by atoms with Gasteiger partial charge in [0, 0.05) is 11.3 Å². The van der Waals surface area contributed by atoms with Crippen molar-refractivity contribution in [1.82, 2.24) is 9.97 Å². The average molecular weight is 434 g/mol. The first-order valence-corrected chi connectivity index (χ1v) is 9.42. The third-order valence-corrected chi connectivity index (χ3v) is 4.57.